The summed E-state index contributed by atoms with van der Waals surface area (Å²) in [6.07, 6.45) is 4.74. The van der Waals surface area contributed by atoms with E-state index in [1.165, 1.54) is 13.2 Å². The van der Waals surface area contributed by atoms with Crippen molar-refractivity contribution in [3.05, 3.63) is 41.5 Å². The molecule has 0 atom stereocenters. The summed E-state index contributed by atoms with van der Waals surface area (Å²) >= 11 is 0. The Morgan fingerprint density at radius 2 is 2.05 bits per heavy atom. The molecule has 4 nitrogen and oxygen atoms in total. The number of ketones is 1. The van der Waals surface area contributed by atoms with E-state index < -0.39 is 5.82 Å². The van der Waals surface area contributed by atoms with Gasteiger partial charge in [0, 0.05) is 18.2 Å². The van der Waals surface area contributed by atoms with Crippen LogP contribution < -0.4 is 4.74 Å². The number of hydrogen-bond acceptors (Lipinski definition) is 4. The van der Waals surface area contributed by atoms with E-state index in [9.17, 15) is 9.18 Å². The predicted molar refractivity (Wildman–Crippen MR) is 75.9 cm³/mol. The van der Waals surface area contributed by atoms with E-state index in [1.54, 1.807) is 18.3 Å². The van der Waals surface area contributed by atoms with E-state index in [0.717, 1.165) is 25.0 Å². The SMILES string of the molecule is COc1cc(-c2ncc3c(n2)CCCCC3=O)ccc1F. The fourth-order valence-electron chi connectivity index (χ4n) is 2.49. The fourth-order valence-corrected chi connectivity index (χ4v) is 2.49. The molecule has 0 fully saturated rings. The van der Waals surface area contributed by atoms with Crippen LogP contribution in [-0.2, 0) is 6.42 Å². The third kappa shape index (κ3) is 2.63. The van der Waals surface area contributed by atoms with Gasteiger partial charge in [-0.15, -0.1) is 0 Å². The molecule has 0 bridgehead atoms. The first-order chi connectivity index (χ1) is 10.2. The van der Waals surface area contributed by atoms with Crippen LogP contribution in [0.1, 0.15) is 35.3 Å². The Bertz CT molecular complexity index is 701. The molecule has 1 aromatic heterocycles. The van der Waals surface area contributed by atoms with Crippen molar-refractivity contribution in [2.75, 3.05) is 7.11 Å². The van der Waals surface area contributed by atoms with Crippen LogP contribution in [0.15, 0.2) is 24.4 Å². The summed E-state index contributed by atoms with van der Waals surface area (Å²) in [5.74, 6) is 0.320. The second kappa shape index (κ2) is 5.60. The molecule has 1 aliphatic carbocycles. The number of rotatable bonds is 2. The van der Waals surface area contributed by atoms with Gasteiger partial charge in [0.25, 0.3) is 0 Å². The van der Waals surface area contributed by atoms with Crippen molar-refractivity contribution in [2.24, 2.45) is 0 Å². The number of hydrogen-bond donors (Lipinski definition) is 0. The van der Waals surface area contributed by atoms with Gasteiger partial charge in [0.2, 0.25) is 0 Å². The average Bonchev–Trinajstić information content (AvgIpc) is 2.69. The van der Waals surface area contributed by atoms with Crippen LogP contribution in [0.2, 0.25) is 0 Å². The highest BCUT2D eigenvalue weighted by Gasteiger charge is 2.18. The van der Waals surface area contributed by atoms with Crippen molar-refractivity contribution in [1.29, 1.82) is 0 Å². The van der Waals surface area contributed by atoms with Crippen molar-refractivity contribution in [1.82, 2.24) is 9.97 Å². The van der Waals surface area contributed by atoms with Crippen molar-refractivity contribution in [2.45, 2.75) is 25.7 Å². The fraction of sp³-hybridized carbons (Fsp3) is 0.312. The van der Waals surface area contributed by atoms with E-state index in [0.29, 0.717) is 23.4 Å². The van der Waals surface area contributed by atoms with Crippen molar-refractivity contribution in [3.63, 3.8) is 0 Å². The summed E-state index contributed by atoms with van der Waals surface area (Å²) in [6.45, 7) is 0. The zero-order chi connectivity index (χ0) is 14.8. The Labute approximate surface area is 122 Å². The first-order valence-electron chi connectivity index (χ1n) is 6.92. The van der Waals surface area contributed by atoms with Crippen LogP contribution in [0, 0.1) is 5.82 Å². The number of carbonyl (C=O) groups is 1. The maximum atomic E-state index is 13.5. The normalized spacial score (nSPS) is 14.5. The number of carbonyl (C=O) groups excluding carboxylic acids is 1. The quantitative estimate of drug-likeness (QED) is 0.795. The molecule has 108 valence electrons. The van der Waals surface area contributed by atoms with Crippen LogP contribution in [0.5, 0.6) is 5.75 Å². The zero-order valence-corrected chi connectivity index (χ0v) is 11.7. The molecular formula is C16H15FN2O2. The predicted octanol–water partition coefficient (Wildman–Crippen LogP) is 3.20. The van der Waals surface area contributed by atoms with Gasteiger partial charge in [-0.3, -0.25) is 4.79 Å². The highest BCUT2D eigenvalue weighted by atomic mass is 19.1. The lowest BCUT2D eigenvalue weighted by molar-refractivity contribution is 0.0981. The summed E-state index contributed by atoms with van der Waals surface area (Å²) in [5.41, 5.74) is 2.07. The molecule has 0 unspecified atom stereocenters. The van der Waals surface area contributed by atoms with Gasteiger partial charge in [0.1, 0.15) is 0 Å². The van der Waals surface area contributed by atoms with Crippen LogP contribution in [0.3, 0.4) is 0 Å². The molecule has 5 heteroatoms. The maximum absolute atomic E-state index is 13.5. The molecule has 2 aromatic rings. The Kier molecular flexibility index (Phi) is 3.64. The molecule has 0 amide bonds. The lowest BCUT2D eigenvalue weighted by Gasteiger charge is -2.08. The number of ether oxygens (including phenoxy) is 1. The van der Waals surface area contributed by atoms with Gasteiger partial charge in [-0.2, -0.15) is 0 Å². The molecule has 21 heavy (non-hydrogen) atoms. The summed E-state index contributed by atoms with van der Waals surface area (Å²) < 4.78 is 18.4. The molecule has 0 spiro atoms. The lowest BCUT2D eigenvalue weighted by atomic mass is 10.1. The lowest BCUT2D eigenvalue weighted by Crippen LogP contribution is -2.05. The highest BCUT2D eigenvalue weighted by molar-refractivity contribution is 5.97. The Balaban J connectivity index is 2.04. The number of aryl methyl sites for hydroxylation is 1. The van der Waals surface area contributed by atoms with Gasteiger partial charge >= 0.3 is 0 Å². The van der Waals surface area contributed by atoms with E-state index in [2.05, 4.69) is 9.97 Å². The number of nitrogens with zero attached hydrogens (tertiary/aromatic N) is 2. The Morgan fingerprint density at radius 3 is 2.86 bits per heavy atom. The molecule has 0 saturated heterocycles. The number of aromatic nitrogens is 2. The summed E-state index contributed by atoms with van der Waals surface area (Å²) in [5, 5.41) is 0. The molecule has 1 aliphatic rings. The monoisotopic (exact) mass is 286 g/mol. The molecule has 0 saturated carbocycles. The van der Waals surface area contributed by atoms with Crippen molar-refractivity contribution in [3.8, 4) is 17.1 Å². The topological polar surface area (TPSA) is 52.1 Å². The number of Topliss-reactive ketones (excluding diaryl/α,β-unsaturated/α-hetero) is 1. The smallest absolute Gasteiger partial charge is 0.166 e. The minimum atomic E-state index is -0.425. The average molecular weight is 286 g/mol. The largest absolute Gasteiger partial charge is 0.494 e. The molecule has 1 aromatic carbocycles. The molecular weight excluding hydrogens is 271 g/mol. The summed E-state index contributed by atoms with van der Waals surface area (Å²) in [7, 11) is 1.42. The Hall–Kier alpha value is -2.30. The minimum Gasteiger partial charge on any atom is -0.494 e. The Morgan fingerprint density at radius 1 is 1.24 bits per heavy atom. The van der Waals surface area contributed by atoms with Crippen LogP contribution >= 0.6 is 0 Å². The number of halogens is 1. The van der Waals surface area contributed by atoms with Gasteiger partial charge in [-0.1, -0.05) is 0 Å². The van der Waals surface area contributed by atoms with Gasteiger partial charge in [0.05, 0.1) is 18.4 Å². The number of benzene rings is 1. The standard InChI is InChI=1S/C16H15FN2O2/c1-21-15-8-10(6-7-12(15)17)16-18-9-11-13(19-16)4-2-3-5-14(11)20/h6-9H,2-5H2,1H3. The van der Waals surface area contributed by atoms with Crippen LogP contribution in [0.25, 0.3) is 11.4 Å². The first-order valence-corrected chi connectivity index (χ1v) is 6.92. The molecule has 1 heterocycles. The summed E-state index contributed by atoms with van der Waals surface area (Å²) in [6, 6.07) is 4.50. The van der Waals surface area contributed by atoms with E-state index in [4.69, 9.17) is 4.74 Å². The molecule has 0 N–H and O–H groups in total. The zero-order valence-electron chi connectivity index (χ0n) is 11.7. The molecule has 0 radical (unpaired) electrons. The van der Waals surface area contributed by atoms with Crippen molar-refractivity contribution < 1.29 is 13.9 Å². The van der Waals surface area contributed by atoms with Gasteiger partial charge < -0.3 is 4.74 Å². The van der Waals surface area contributed by atoms with E-state index >= 15 is 0 Å². The van der Waals surface area contributed by atoms with Crippen molar-refractivity contribution >= 4 is 5.78 Å². The first kappa shape index (κ1) is 13.7. The van der Waals surface area contributed by atoms with Gasteiger partial charge in [0.15, 0.2) is 23.2 Å². The third-order valence-electron chi connectivity index (χ3n) is 3.64. The summed E-state index contributed by atoms with van der Waals surface area (Å²) in [4.78, 5) is 20.7. The minimum absolute atomic E-state index is 0.103. The maximum Gasteiger partial charge on any atom is 0.166 e. The third-order valence-corrected chi connectivity index (χ3v) is 3.64. The molecule has 3 rings (SSSR count). The number of fused-ring (bicyclic) bond motifs is 1. The van der Waals surface area contributed by atoms with E-state index in [-0.39, 0.29) is 11.5 Å². The van der Waals surface area contributed by atoms with Gasteiger partial charge in [-0.05, 0) is 37.5 Å². The number of methoxy groups -OCH3 is 1. The van der Waals surface area contributed by atoms with Crippen LogP contribution in [-0.4, -0.2) is 22.9 Å². The second-order valence-corrected chi connectivity index (χ2v) is 5.03. The molecule has 0 aliphatic heterocycles. The highest BCUT2D eigenvalue weighted by Crippen LogP contribution is 2.26. The van der Waals surface area contributed by atoms with Crippen LogP contribution in [0.4, 0.5) is 4.39 Å². The second-order valence-electron chi connectivity index (χ2n) is 5.03. The van der Waals surface area contributed by atoms with Gasteiger partial charge in [-0.25, -0.2) is 14.4 Å². The van der Waals surface area contributed by atoms with E-state index in [1.807, 2.05) is 0 Å².